The number of nitrogens with zero attached hydrogens (tertiary/aromatic N) is 2. The van der Waals surface area contributed by atoms with Crippen molar-refractivity contribution in [1.82, 2.24) is 9.80 Å². The average molecular weight is 332 g/mol. The number of rotatable bonds is 3. The minimum absolute atomic E-state index is 0.0717. The molecule has 134 valence electrons. The van der Waals surface area contributed by atoms with Gasteiger partial charge in [-0.2, -0.15) is 0 Å². The van der Waals surface area contributed by atoms with E-state index >= 15 is 0 Å². The molecule has 4 nitrogen and oxygen atoms in total. The maximum Gasteiger partial charge on any atom is 0.246 e. The van der Waals surface area contributed by atoms with Gasteiger partial charge in [0.2, 0.25) is 11.8 Å². The highest BCUT2D eigenvalue weighted by Crippen LogP contribution is 2.40. The average Bonchev–Trinajstić information content (AvgIpc) is 2.79. The molecule has 0 aromatic carbocycles. The van der Waals surface area contributed by atoms with Crippen molar-refractivity contribution in [1.29, 1.82) is 0 Å². The molecule has 2 aliphatic rings. The summed E-state index contributed by atoms with van der Waals surface area (Å²) < 4.78 is 0. The summed E-state index contributed by atoms with van der Waals surface area (Å²) in [6, 6.07) is 0. The lowest BCUT2D eigenvalue weighted by atomic mass is 9.72. The molecule has 0 bridgehead atoms. The zero-order valence-electron chi connectivity index (χ0n) is 15.7. The molecule has 4 heteroatoms. The van der Waals surface area contributed by atoms with Gasteiger partial charge in [-0.05, 0) is 43.6 Å². The number of hydrogen-bond donors (Lipinski definition) is 0. The van der Waals surface area contributed by atoms with E-state index in [1.807, 2.05) is 22.8 Å². The molecule has 2 amide bonds. The maximum atomic E-state index is 12.6. The molecule has 1 saturated heterocycles. The van der Waals surface area contributed by atoms with Crippen LogP contribution < -0.4 is 0 Å². The Morgan fingerprint density at radius 1 is 1.08 bits per heavy atom. The molecule has 0 atom stereocenters. The summed E-state index contributed by atoms with van der Waals surface area (Å²) >= 11 is 0. The highest BCUT2D eigenvalue weighted by atomic mass is 16.2. The fourth-order valence-corrected chi connectivity index (χ4v) is 3.88. The summed E-state index contributed by atoms with van der Waals surface area (Å²) in [5, 5.41) is 0. The van der Waals surface area contributed by atoms with Crippen LogP contribution in [0.1, 0.15) is 59.8 Å². The SMILES string of the molecule is CCC(=O)N1CCCN(C(=O)/C=C/C2=C(C)CCCC2(C)C)CC1. The molecule has 24 heavy (non-hydrogen) atoms. The smallest absolute Gasteiger partial charge is 0.246 e. The first-order valence-corrected chi connectivity index (χ1v) is 9.30. The van der Waals surface area contributed by atoms with Crippen LogP contribution in [0.2, 0.25) is 0 Å². The van der Waals surface area contributed by atoms with Gasteiger partial charge in [0.25, 0.3) is 0 Å². The quantitative estimate of drug-likeness (QED) is 0.742. The number of carbonyl (C=O) groups excluding carboxylic acids is 2. The van der Waals surface area contributed by atoms with Crippen LogP contribution in [0.4, 0.5) is 0 Å². The van der Waals surface area contributed by atoms with Gasteiger partial charge >= 0.3 is 0 Å². The molecule has 0 aromatic rings. The summed E-state index contributed by atoms with van der Waals surface area (Å²) in [5.74, 6) is 0.257. The molecule has 1 aliphatic carbocycles. The minimum Gasteiger partial charge on any atom is -0.341 e. The molecule has 1 fully saturated rings. The van der Waals surface area contributed by atoms with Gasteiger partial charge in [-0.1, -0.05) is 32.4 Å². The molecule has 0 radical (unpaired) electrons. The van der Waals surface area contributed by atoms with Crippen molar-refractivity contribution in [3.8, 4) is 0 Å². The Balaban J connectivity index is 2.00. The van der Waals surface area contributed by atoms with Crippen LogP contribution >= 0.6 is 0 Å². The van der Waals surface area contributed by atoms with E-state index in [1.54, 1.807) is 6.08 Å². The summed E-state index contributed by atoms with van der Waals surface area (Å²) in [4.78, 5) is 28.2. The third-order valence-corrected chi connectivity index (χ3v) is 5.40. The molecule has 1 heterocycles. The fraction of sp³-hybridized carbons (Fsp3) is 0.700. The second-order valence-corrected chi connectivity index (χ2v) is 7.68. The first-order chi connectivity index (χ1) is 11.3. The van der Waals surface area contributed by atoms with Crippen molar-refractivity contribution < 1.29 is 9.59 Å². The van der Waals surface area contributed by atoms with Crippen LogP contribution in [-0.4, -0.2) is 47.8 Å². The number of allylic oxidation sites excluding steroid dienone is 3. The van der Waals surface area contributed by atoms with Crippen LogP contribution in [0, 0.1) is 5.41 Å². The van der Waals surface area contributed by atoms with Gasteiger partial charge in [0.1, 0.15) is 0 Å². The molecule has 0 unspecified atom stereocenters. The summed E-state index contributed by atoms with van der Waals surface area (Å²) in [6.07, 6.45) is 8.72. The standard InChI is InChI=1S/C20H32N2O2/c1-5-18(23)21-12-7-13-22(15-14-21)19(24)10-9-17-16(2)8-6-11-20(17,3)4/h9-10H,5-8,11-15H2,1-4H3/b10-9+. The Bertz CT molecular complexity index is 546. The monoisotopic (exact) mass is 332 g/mol. The summed E-state index contributed by atoms with van der Waals surface area (Å²) in [6.45, 7) is 11.4. The van der Waals surface area contributed by atoms with Crippen molar-refractivity contribution >= 4 is 11.8 Å². The Hall–Kier alpha value is -1.58. The van der Waals surface area contributed by atoms with E-state index in [0.29, 0.717) is 19.5 Å². The second-order valence-electron chi connectivity index (χ2n) is 7.68. The van der Waals surface area contributed by atoms with Gasteiger partial charge < -0.3 is 9.80 Å². The molecule has 1 aliphatic heterocycles. The Kier molecular flexibility index (Phi) is 6.25. The molecule has 0 N–H and O–H groups in total. The predicted molar refractivity (Wildman–Crippen MR) is 97.5 cm³/mol. The van der Waals surface area contributed by atoms with Crippen molar-refractivity contribution in [2.24, 2.45) is 5.41 Å². The van der Waals surface area contributed by atoms with Gasteiger partial charge in [-0.15, -0.1) is 0 Å². The normalized spacial score (nSPS) is 22.0. The van der Waals surface area contributed by atoms with Crippen molar-refractivity contribution in [2.45, 2.75) is 59.8 Å². The Labute approximate surface area is 146 Å². The van der Waals surface area contributed by atoms with Crippen molar-refractivity contribution in [3.05, 3.63) is 23.3 Å². The van der Waals surface area contributed by atoms with E-state index in [1.165, 1.54) is 24.0 Å². The molecule has 0 spiro atoms. The summed E-state index contributed by atoms with van der Waals surface area (Å²) in [5.41, 5.74) is 2.88. The van der Waals surface area contributed by atoms with Crippen LogP contribution in [0.5, 0.6) is 0 Å². The van der Waals surface area contributed by atoms with E-state index < -0.39 is 0 Å². The van der Waals surface area contributed by atoms with Gasteiger partial charge in [0, 0.05) is 38.7 Å². The third kappa shape index (κ3) is 4.49. The van der Waals surface area contributed by atoms with Gasteiger partial charge in [-0.25, -0.2) is 0 Å². The van der Waals surface area contributed by atoms with E-state index in [9.17, 15) is 9.59 Å². The fourth-order valence-electron chi connectivity index (χ4n) is 3.88. The Morgan fingerprint density at radius 3 is 2.42 bits per heavy atom. The van der Waals surface area contributed by atoms with Crippen LogP contribution in [0.25, 0.3) is 0 Å². The number of amides is 2. The van der Waals surface area contributed by atoms with E-state index in [2.05, 4.69) is 20.8 Å². The largest absolute Gasteiger partial charge is 0.341 e. The maximum absolute atomic E-state index is 12.6. The molecular weight excluding hydrogens is 300 g/mol. The lowest BCUT2D eigenvalue weighted by molar-refractivity contribution is -0.131. The van der Waals surface area contributed by atoms with Crippen LogP contribution in [-0.2, 0) is 9.59 Å². The van der Waals surface area contributed by atoms with Crippen LogP contribution in [0.15, 0.2) is 23.3 Å². The van der Waals surface area contributed by atoms with Gasteiger partial charge in [0.15, 0.2) is 0 Å². The second kappa shape index (κ2) is 8.00. The number of hydrogen-bond acceptors (Lipinski definition) is 2. The first-order valence-electron chi connectivity index (χ1n) is 9.30. The predicted octanol–water partition coefficient (Wildman–Crippen LogP) is 3.54. The lowest BCUT2D eigenvalue weighted by Gasteiger charge is -2.33. The minimum atomic E-state index is 0.0717. The van der Waals surface area contributed by atoms with E-state index in [4.69, 9.17) is 0 Å². The zero-order chi connectivity index (χ0) is 17.7. The van der Waals surface area contributed by atoms with Crippen molar-refractivity contribution in [3.63, 3.8) is 0 Å². The lowest BCUT2D eigenvalue weighted by Crippen LogP contribution is -2.36. The van der Waals surface area contributed by atoms with Crippen LogP contribution in [0.3, 0.4) is 0 Å². The topological polar surface area (TPSA) is 40.6 Å². The van der Waals surface area contributed by atoms with E-state index in [0.717, 1.165) is 25.9 Å². The van der Waals surface area contributed by atoms with Gasteiger partial charge in [-0.3, -0.25) is 9.59 Å². The summed E-state index contributed by atoms with van der Waals surface area (Å²) in [7, 11) is 0. The first kappa shape index (κ1) is 18.8. The molecule has 2 rings (SSSR count). The Morgan fingerprint density at radius 2 is 1.75 bits per heavy atom. The van der Waals surface area contributed by atoms with E-state index in [-0.39, 0.29) is 17.2 Å². The zero-order valence-corrected chi connectivity index (χ0v) is 15.7. The highest BCUT2D eigenvalue weighted by Gasteiger charge is 2.27. The molecular formula is C20H32N2O2. The third-order valence-electron chi connectivity index (χ3n) is 5.40. The highest BCUT2D eigenvalue weighted by molar-refractivity contribution is 5.88. The molecule has 0 saturated carbocycles. The van der Waals surface area contributed by atoms with Gasteiger partial charge in [0.05, 0.1) is 0 Å². The molecule has 0 aromatic heterocycles. The number of carbonyl (C=O) groups is 2. The van der Waals surface area contributed by atoms with Crippen molar-refractivity contribution in [2.75, 3.05) is 26.2 Å².